The molecule has 0 saturated carbocycles. The van der Waals surface area contributed by atoms with Gasteiger partial charge in [-0.1, -0.05) is 18.2 Å². The molecule has 0 radical (unpaired) electrons. The van der Waals surface area contributed by atoms with Crippen molar-refractivity contribution in [1.82, 2.24) is 10.3 Å². The number of phenolic OH excluding ortho intramolecular Hbond substituents is 1. The molecule has 0 saturated heterocycles. The molecule has 0 amide bonds. The van der Waals surface area contributed by atoms with Gasteiger partial charge in [-0.3, -0.25) is 4.98 Å². The summed E-state index contributed by atoms with van der Waals surface area (Å²) in [6, 6.07) is 11.6. The Morgan fingerprint density at radius 1 is 1.28 bits per heavy atom. The molecule has 1 aromatic carbocycles. The number of benzene rings is 1. The molecule has 1 heterocycles. The maximum atomic E-state index is 9.43. The van der Waals surface area contributed by atoms with Gasteiger partial charge in [-0.05, 0) is 49.2 Å². The fourth-order valence-corrected chi connectivity index (χ4v) is 1.89. The smallest absolute Gasteiger partial charge is 0.115 e. The Bertz CT molecular complexity index is 485. The highest BCUT2D eigenvalue weighted by Gasteiger charge is 2.04. The fourth-order valence-electron chi connectivity index (χ4n) is 1.89. The van der Waals surface area contributed by atoms with E-state index in [1.807, 2.05) is 24.4 Å². The molecule has 2 N–H and O–H groups in total. The molecule has 3 heteroatoms. The fraction of sp³-hybridized carbons (Fsp3) is 0.267. The third-order valence-electron chi connectivity index (χ3n) is 2.96. The van der Waals surface area contributed by atoms with Crippen LogP contribution < -0.4 is 5.32 Å². The van der Waals surface area contributed by atoms with Crippen LogP contribution in [-0.4, -0.2) is 16.6 Å². The number of aromatic hydroxyl groups is 1. The average Bonchev–Trinajstić information content (AvgIpc) is 2.40. The second-order valence-corrected chi connectivity index (χ2v) is 4.38. The summed E-state index contributed by atoms with van der Waals surface area (Å²) in [5.74, 6) is 0.313. The number of rotatable bonds is 5. The first-order valence-corrected chi connectivity index (χ1v) is 6.17. The second kappa shape index (κ2) is 6.17. The van der Waals surface area contributed by atoms with Gasteiger partial charge in [0.05, 0.1) is 0 Å². The molecule has 0 spiro atoms. The van der Waals surface area contributed by atoms with Crippen LogP contribution in [0.4, 0.5) is 0 Å². The molecule has 1 unspecified atom stereocenters. The summed E-state index contributed by atoms with van der Waals surface area (Å²) in [5, 5.41) is 12.9. The normalized spacial score (nSPS) is 12.3. The van der Waals surface area contributed by atoms with Crippen LogP contribution in [-0.2, 0) is 6.42 Å². The lowest BCUT2D eigenvalue weighted by Gasteiger charge is -2.14. The van der Waals surface area contributed by atoms with Crippen molar-refractivity contribution in [2.45, 2.75) is 19.4 Å². The summed E-state index contributed by atoms with van der Waals surface area (Å²) in [5.41, 5.74) is 2.33. The molecular formula is C15H18N2O. The highest BCUT2D eigenvalue weighted by Crippen LogP contribution is 2.17. The third kappa shape index (κ3) is 3.57. The molecule has 94 valence electrons. The highest BCUT2D eigenvalue weighted by molar-refractivity contribution is 5.29. The minimum absolute atomic E-state index is 0.230. The maximum absolute atomic E-state index is 9.43. The van der Waals surface area contributed by atoms with Crippen molar-refractivity contribution in [3.63, 3.8) is 0 Å². The van der Waals surface area contributed by atoms with E-state index in [0.717, 1.165) is 18.5 Å². The predicted octanol–water partition coefficient (Wildman–Crippen LogP) is 2.68. The van der Waals surface area contributed by atoms with Crippen LogP contribution in [0.25, 0.3) is 0 Å². The Hall–Kier alpha value is -1.87. The van der Waals surface area contributed by atoms with Crippen LogP contribution in [0.5, 0.6) is 5.75 Å². The zero-order valence-corrected chi connectivity index (χ0v) is 10.5. The van der Waals surface area contributed by atoms with Crippen LogP contribution in [0, 0.1) is 0 Å². The molecule has 0 aliphatic rings. The molecule has 1 atom stereocenters. The van der Waals surface area contributed by atoms with Crippen molar-refractivity contribution >= 4 is 0 Å². The van der Waals surface area contributed by atoms with Gasteiger partial charge >= 0.3 is 0 Å². The molecule has 18 heavy (non-hydrogen) atoms. The molecule has 0 bridgehead atoms. The quantitative estimate of drug-likeness (QED) is 0.847. The van der Waals surface area contributed by atoms with E-state index in [4.69, 9.17) is 0 Å². The Morgan fingerprint density at radius 3 is 2.89 bits per heavy atom. The molecule has 0 aliphatic carbocycles. The molecule has 2 rings (SSSR count). The standard InChI is InChI=1S/C15H18N2O/c1-12(14-5-2-6-15(18)10-14)17-9-7-13-4-3-8-16-11-13/h2-6,8,10-12,17-18H,7,9H2,1H3. The molecule has 2 aromatic rings. The van der Waals surface area contributed by atoms with Gasteiger partial charge in [0.1, 0.15) is 5.75 Å². The van der Waals surface area contributed by atoms with E-state index in [1.165, 1.54) is 5.56 Å². The van der Waals surface area contributed by atoms with E-state index >= 15 is 0 Å². The Balaban J connectivity index is 1.83. The van der Waals surface area contributed by atoms with Crippen LogP contribution in [0.3, 0.4) is 0 Å². The van der Waals surface area contributed by atoms with E-state index in [-0.39, 0.29) is 6.04 Å². The minimum Gasteiger partial charge on any atom is -0.508 e. The van der Waals surface area contributed by atoms with Crippen molar-refractivity contribution in [3.05, 3.63) is 59.9 Å². The van der Waals surface area contributed by atoms with E-state index in [9.17, 15) is 5.11 Å². The van der Waals surface area contributed by atoms with Gasteiger partial charge in [-0.2, -0.15) is 0 Å². The number of pyridine rings is 1. The summed E-state index contributed by atoms with van der Waals surface area (Å²) in [6.07, 6.45) is 4.63. The van der Waals surface area contributed by atoms with Gasteiger partial charge in [0.15, 0.2) is 0 Å². The molecular weight excluding hydrogens is 224 g/mol. The minimum atomic E-state index is 0.230. The monoisotopic (exact) mass is 242 g/mol. The largest absolute Gasteiger partial charge is 0.508 e. The van der Waals surface area contributed by atoms with Crippen molar-refractivity contribution in [3.8, 4) is 5.75 Å². The second-order valence-electron chi connectivity index (χ2n) is 4.38. The average molecular weight is 242 g/mol. The maximum Gasteiger partial charge on any atom is 0.115 e. The summed E-state index contributed by atoms with van der Waals surface area (Å²) >= 11 is 0. The number of hydrogen-bond donors (Lipinski definition) is 2. The van der Waals surface area contributed by atoms with Crippen LogP contribution >= 0.6 is 0 Å². The molecule has 0 fully saturated rings. The lowest BCUT2D eigenvalue weighted by atomic mass is 10.1. The molecule has 0 aliphatic heterocycles. The first-order chi connectivity index (χ1) is 8.75. The summed E-state index contributed by atoms with van der Waals surface area (Å²) in [7, 11) is 0. The Kier molecular flexibility index (Phi) is 4.31. The number of phenols is 1. The van der Waals surface area contributed by atoms with Crippen molar-refractivity contribution in [2.24, 2.45) is 0 Å². The molecule has 1 aromatic heterocycles. The first kappa shape index (κ1) is 12.6. The van der Waals surface area contributed by atoms with Crippen LogP contribution in [0.15, 0.2) is 48.8 Å². The van der Waals surface area contributed by atoms with Gasteiger partial charge < -0.3 is 10.4 Å². The van der Waals surface area contributed by atoms with E-state index in [1.54, 1.807) is 18.3 Å². The number of nitrogens with one attached hydrogen (secondary N) is 1. The van der Waals surface area contributed by atoms with Gasteiger partial charge in [0.25, 0.3) is 0 Å². The predicted molar refractivity (Wildman–Crippen MR) is 72.5 cm³/mol. The van der Waals surface area contributed by atoms with E-state index in [2.05, 4.69) is 23.3 Å². The van der Waals surface area contributed by atoms with Gasteiger partial charge in [-0.25, -0.2) is 0 Å². The highest BCUT2D eigenvalue weighted by atomic mass is 16.3. The topological polar surface area (TPSA) is 45.2 Å². The summed E-state index contributed by atoms with van der Waals surface area (Å²) in [6.45, 7) is 2.99. The summed E-state index contributed by atoms with van der Waals surface area (Å²) < 4.78 is 0. The zero-order chi connectivity index (χ0) is 12.8. The Labute approximate surface area is 108 Å². The van der Waals surface area contributed by atoms with Crippen molar-refractivity contribution < 1.29 is 5.11 Å². The SMILES string of the molecule is CC(NCCc1cccnc1)c1cccc(O)c1. The van der Waals surface area contributed by atoms with Crippen molar-refractivity contribution in [2.75, 3.05) is 6.54 Å². The van der Waals surface area contributed by atoms with E-state index < -0.39 is 0 Å². The Morgan fingerprint density at radius 2 is 2.17 bits per heavy atom. The van der Waals surface area contributed by atoms with Gasteiger partial charge in [0, 0.05) is 18.4 Å². The molecule has 3 nitrogen and oxygen atoms in total. The van der Waals surface area contributed by atoms with E-state index in [0.29, 0.717) is 5.75 Å². The van der Waals surface area contributed by atoms with Gasteiger partial charge in [0.2, 0.25) is 0 Å². The first-order valence-electron chi connectivity index (χ1n) is 6.17. The third-order valence-corrected chi connectivity index (χ3v) is 2.96. The number of aromatic nitrogens is 1. The van der Waals surface area contributed by atoms with Crippen LogP contribution in [0.2, 0.25) is 0 Å². The van der Waals surface area contributed by atoms with Crippen LogP contribution in [0.1, 0.15) is 24.1 Å². The number of nitrogens with zero attached hydrogens (tertiary/aromatic N) is 1. The zero-order valence-electron chi connectivity index (χ0n) is 10.5. The number of hydrogen-bond acceptors (Lipinski definition) is 3. The lowest BCUT2D eigenvalue weighted by Crippen LogP contribution is -2.21. The van der Waals surface area contributed by atoms with Crippen molar-refractivity contribution in [1.29, 1.82) is 0 Å². The summed E-state index contributed by atoms with van der Waals surface area (Å²) in [4.78, 5) is 4.09. The lowest BCUT2D eigenvalue weighted by molar-refractivity contribution is 0.472. The van der Waals surface area contributed by atoms with Gasteiger partial charge in [-0.15, -0.1) is 0 Å².